The lowest BCUT2D eigenvalue weighted by Crippen LogP contribution is -2.26. The van der Waals surface area contributed by atoms with E-state index in [4.69, 9.17) is 21.4 Å². The van der Waals surface area contributed by atoms with Gasteiger partial charge in [0.1, 0.15) is 0 Å². The van der Waals surface area contributed by atoms with E-state index in [1.807, 2.05) is 17.8 Å². The summed E-state index contributed by atoms with van der Waals surface area (Å²) in [6.45, 7) is 2.14. The van der Waals surface area contributed by atoms with Crippen molar-refractivity contribution < 1.29 is 9.84 Å². The smallest absolute Gasteiger partial charge is 0.0697 e. The summed E-state index contributed by atoms with van der Waals surface area (Å²) >= 11 is 7.98. The molecule has 0 aromatic heterocycles. The molecule has 0 spiro atoms. The molecule has 0 aliphatic carbocycles. The van der Waals surface area contributed by atoms with Gasteiger partial charge in [0.2, 0.25) is 0 Å². The molecule has 1 unspecified atom stereocenters. The number of ether oxygens (including phenoxy) is 1. The second kappa shape index (κ2) is 8.12. The number of benzene rings is 1. The van der Waals surface area contributed by atoms with Crippen LogP contribution in [0, 0.1) is 0 Å². The van der Waals surface area contributed by atoms with Crippen LogP contribution in [-0.2, 0) is 4.74 Å². The van der Waals surface area contributed by atoms with Crippen molar-refractivity contribution in [2.75, 3.05) is 32.1 Å². The van der Waals surface area contributed by atoms with Crippen LogP contribution in [0.4, 0.5) is 0 Å². The molecule has 19 heavy (non-hydrogen) atoms. The van der Waals surface area contributed by atoms with Crippen LogP contribution in [0.15, 0.2) is 23.1 Å². The lowest BCUT2D eigenvalue weighted by atomic mass is 10.0. The molecule has 0 saturated heterocycles. The van der Waals surface area contributed by atoms with Gasteiger partial charge in [0.05, 0.1) is 13.2 Å². The number of aliphatic hydroxyl groups excluding tert-OH is 1. The van der Waals surface area contributed by atoms with Crippen LogP contribution in [0.25, 0.3) is 0 Å². The summed E-state index contributed by atoms with van der Waals surface area (Å²) in [5.74, 6) is 1.15. The third-order valence-electron chi connectivity index (χ3n) is 3.10. The van der Waals surface area contributed by atoms with E-state index >= 15 is 0 Å². The molecule has 2 rings (SSSR count). The topological polar surface area (TPSA) is 41.5 Å². The van der Waals surface area contributed by atoms with Gasteiger partial charge in [-0.15, -0.1) is 11.8 Å². The van der Waals surface area contributed by atoms with Gasteiger partial charge in [-0.3, -0.25) is 0 Å². The van der Waals surface area contributed by atoms with Crippen LogP contribution >= 0.6 is 23.4 Å². The summed E-state index contributed by atoms with van der Waals surface area (Å²) in [4.78, 5) is 1.34. The van der Waals surface area contributed by atoms with E-state index in [2.05, 4.69) is 17.4 Å². The number of thioether (sulfide) groups is 1. The number of fused-ring (bicyclic) bond motifs is 1. The molecular formula is C14H20ClNO2S. The van der Waals surface area contributed by atoms with E-state index in [0.717, 1.165) is 30.2 Å². The highest BCUT2D eigenvalue weighted by molar-refractivity contribution is 7.99. The third kappa shape index (κ3) is 4.65. The minimum Gasteiger partial charge on any atom is -0.394 e. The summed E-state index contributed by atoms with van der Waals surface area (Å²) in [5.41, 5.74) is 1.32. The van der Waals surface area contributed by atoms with Gasteiger partial charge in [-0.2, -0.15) is 0 Å². The van der Waals surface area contributed by atoms with Crippen LogP contribution < -0.4 is 5.32 Å². The van der Waals surface area contributed by atoms with E-state index in [1.54, 1.807) is 0 Å². The lowest BCUT2D eigenvalue weighted by molar-refractivity contribution is 0.0903. The molecular weight excluding hydrogens is 282 g/mol. The molecule has 1 atom stereocenters. The molecule has 0 saturated carbocycles. The summed E-state index contributed by atoms with van der Waals surface area (Å²) in [5, 5.41) is 13.0. The number of nitrogens with one attached hydrogen (secondary N) is 1. The van der Waals surface area contributed by atoms with Crippen LogP contribution in [-0.4, -0.2) is 37.2 Å². The molecule has 1 aromatic carbocycles. The molecule has 5 heteroatoms. The van der Waals surface area contributed by atoms with Crippen molar-refractivity contribution >= 4 is 23.4 Å². The van der Waals surface area contributed by atoms with Gasteiger partial charge in [0.15, 0.2) is 0 Å². The Morgan fingerprint density at radius 3 is 3.16 bits per heavy atom. The quantitative estimate of drug-likeness (QED) is 0.760. The van der Waals surface area contributed by atoms with E-state index in [-0.39, 0.29) is 6.61 Å². The molecule has 0 radical (unpaired) electrons. The highest BCUT2D eigenvalue weighted by atomic mass is 35.5. The maximum absolute atomic E-state index is 8.61. The molecule has 0 fully saturated rings. The van der Waals surface area contributed by atoms with Crippen LogP contribution in [0.5, 0.6) is 0 Å². The van der Waals surface area contributed by atoms with Crippen molar-refractivity contribution in [3.05, 3.63) is 28.8 Å². The Hall–Kier alpha value is -0.260. The normalized spacial score (nSPS) is 18.3. The highest BCUT2D eigenvalue weighted by Crippen LogP contribution is 2.37. The van der Waals surface area contributed by atoms with Gasteiger partial charge in [-0.05, 0) is 48.9 Å². The summed E-state index contributed by atoms with van der Waals surface area (Å²) in [7, 11) is 0. The average molecular weight is 302 g/mol. The van der Waals surface area contributed by atoms with E-state index in [0.29, 0.717) is 19.3 Å². The van der Waals surface area contributed by atoms with Crippen LogP contribution in [0.3, 0.4) is 0 Å². The summed E-state index contributed by atoms with van der Waals surface area (Å²) in [6, 6.07) is 6.54. The zero-order chi connectivity index (χ0) is 13.5. The number of hydrogen-bond donors (Lipinski definition) is 2. The molecule has 1 aliphatic heterocycles. The summed E-state index contributed by atoms with van der Waals surface area (Å²) in [6.07, 6.45) is 2.09. The first-order chi connectivity index (χ1) is 9.31. The van der Waals surface area contributed by atoms with Crippen molar-refractivity contribution in [3.8, 4) is 0 Å². The second-order valence-corrected chi connectivity index (χ2v) is 6.09. The number of rotatable bonds is 7. The van der Waals surface area contributed by atoms with Crippen molar-refractivity contribution in [1.29, 1.82) is 0 Å². The molecule has 0 bridgehead atoms. The SMILES string of the molecule is OCCOCCCNC1CCSc2ccc(Cl)cc21. The van der Waals surface area contributed by atoms with Crippen LogP contribution in [0.2, 0.25) is 5.02 Å². The van der Waals surface area contributed by atoms with Crippen molar-refractivity contribution in [2.45, 2.75) is 23.8 Å². The van der Waals surface area contributed by atoms with Gasteiger partial charge in [-0.1, -0.05) is 11.6 Å². The zero-order valence-electron chi connectivity index (χ0n) is 10.9. The highest BCUT2D eigenvalue weighted by Gasteiger charge is 2.20. The Balaban J connectivity index is 1.80. The minimum atomic E-state index is 0.0964. The Labute approximate surface area is 123 Å². The minimum absolute atomic E-state index is 0.0964. The first-order valence-corrected chi connectivity index (χ1v) is 8.02. The molecule has 1 aromatic rings. The predicted molar refractivity (Wildman–Crippen MR) is 80.1 cm³/mol. The monoisotopic (exact) mass is 301 g/mol. The van der Waals surface area contributed by atoms with Crippen LogP contribution in [0.1, 0.15) is 24.4 Å². The van der Waals surface area contributed by atoms with Gasteiger partial charge in [-0.25, -0.2) is 0 Å². The van der Waals surface area contributed by atoms with Gasteiger partial charge >= 0.3 is 0 Å². The fourth-order valence-corrected chi connectivity index (χ4v) is 3.48. The predicted octanol–water partition coefficient (Wildman–Crippen LogP) is 2.87. The molecule has 0 amide bonds. The maximum Gasteiger partial charge on any atom is 0.0697 e. The Bertz CT molecular complexity index is 403. The standard InChI is InChI=1S/C14H20ClNO2S/c15-11-2-3-14-12(10-11)13(4-9-19-14)16-5-1-7-18-8-6-17/h2-3,10,13,16-17H,1,4-9H2. The largest absolute Gasteiger partial charge is 0.394 e. The third-order valence-corrected chi connectivity index (χ3v) is 4.46. The van der Waals surface area contributed by atoms with Gasteiger partial charge < -0.3 is 15.2 Å². The molecule has 1 heterocycles. The van der Waals surface area contributed by atoms with E-state index in [1.165, 1.54) is 10.5 Å². The average Bonchev–Trinajstić information content (AvgIpc) is 2.43. The molecule has 2 N–H and O–H groups in total. The van der Waals surface area contributed by atoms with Gasteiger partial charge in [0.25, 0.3) is 0 Å². The number of halogens is 1. The Morgan fingerprint density at radius 2 is 2.32 bits per heavy atom. The van der Waals surface area contributed by atoms with Crippen molar-refractivity contribution in [1.82, 2.24) is 5.32 Å². The first kappa shape index (κ1) is 15.1. The molecule has 106 valence electrons. The lowest BCUT2D eigenvalue weighted by Gasteiger charge is -2.26. The number of aliphatic hydroxyl groups is 1. The number of hydrogen-bond acceptors (Lipinski definition) is 4. The maximum atomic E-state index is 8.61. The first-order valence-electron chi connectivity index (χ1n) is 6.65. The molecule has 3 nitrogen and oxygen atoms in total. The van der Waals surface area contributed by atoms with Gasteiger partial charge in [0, 0.05) is 22.6 Å². The fourth-order valence-electron chi connectivity index (χ4n) is 2.19. The van der Waals surface area contributed by atoms with E-state index < -0.39 is 0 Å². The van der Waals surface area contributed by atoms with E-state index in [9.17, 15) is 0 Å². The van der Waals surface area contributed by atoms with Crippen molar-refractivity contribution in [3.63, 3.8) is 0 Å². The molecule has 1 aliphatic rings. The Kier molecular flexibility index (Phi) is 6.47. The summed E-state index contributed by atoms with van der Waals surface area (Å²) < 4.78 is 5.25. The fraction of sp³-hybridized carbons (Fsp3) is 0.571. The zero-order valence-corrected chi connectivity index (χ0v) is 12.5. The second-order valence-electron chi connectivity index (χ2n) is 4.52. The van der Waals surface area contributed by atoms with Crippen molar-refractivity contribution in [2.24, 2.45) is 0 Å². The Morgan fingerprint density at radius 1 is 1.42 bits per heavy atom.